The topological polar surface area (TPSA) is 57.5 Å². The largest absolute Gasteiger partial charge is 0.479 e. The Morgan fingerprint density at radius 1 is 1.53 bits per heavy atom. The fourth-order valence-corrected chi connectivity index (χ4v) is 1.49. The molecule has 2 atom stereocenters. The third kappa shape index (κ3) is 2.76. The molecule has 0 amide bonds. The van der Waals surface area contributed by atoms with Crippen LogP contribution < -0.4 is 0 Å². The molecule has 5 heteroatoms. The van der Waals surface area contributed by atoms with Crippen molar-refractivity contribution in [2.24, 2.45) is 0 Å². The second-order valence-corrected chi connectivity index (χ2v) is 4.05. The second kappa shape index (κ2) is 4.72. The molecule has 0 saturated carbocycles. The Morgan fingerprint density at radius 2 is 2.13 bits per heavy atom. The Morgan fingerprint density at radius 3 is 2.60 bits per heavy atom. The van der Waals surface area contributed by atoms with Gasteiger partial charge in [-0.15, -0.1) is 0 Å². The lowest BCUT2D eigenvalue weighted by Gasteiger charge is -2.13. The summed E-state index contributed by atoms with van der Waals surface area (Å²) in [5, 5.41) is 17.8. The molecule has 0 aliphatic heterocycles. The molecule has 0 aliphatic carbocycles. The molecule has 3 nitrogen and oxygen atoms in total. The third-order valence-corrected chi connectivity index (χ3v) is 2.90. The first-order valence-electron chi connectivity index (χ1n) is 4.24. The van der Waals surface area contributed by atoms with Gasteiger partial charge in [0.1, 0.15) is 6.10 Å². The molecule has 1 rings (SSSR count). The highest BCUT2D eigenvalue weighted by Crippen LogP contribution is 2.25. The smallest absolute Gasteiger partial charge is 0.341 e. The van der Waals surface area contributed by atoms with Crippen LogP contribution in [0.5, 0.6) is 0 Å². The molecule has 1 aromatic carbocycles. The van der Waals surface area contributed by atoms with Crippen molar-refractivity contribution in [1.29, 1.82) is 0 Å². The van der Waals surface area contributed by atoms with Gasteiger partial charge in [-0.3, -0.25) is 0 Å². The van der Waals surface area contributed by atoms with Crippen LogP contribution in [-0.4, -0.2) is 22.4 Å². The lowest BCUT2D eigenvalue weighted by Crippen LogP contribution is -2.23. The lowest BCUT2D eigenvalue weighted by atomic mass is 10.0. The van der Waals surface area contributed by atoms with Crippen LogP contribution in [0.15, 0.2) is 22.7 Å². The number of carbonyl (C=O) groups is 1. The van der Waals surface area contributed by atoms with Crippen molar-refractivity contribution >= 4 is 21.9 Å². The van der Waals surface area contributed by atoms with E-state index in [1.807, 2.05) is 6.92 Å². The molecule has 0 bridgehead atoms. The minimum Gasteiger partial charge on any atom is -0.479 e. The van der Waals surface area contributed by atoms with Crippen LogP contribution >= 0.6 is 15.9 Å². The van der Waals surface area contributed by atoms with E-state index in [1.54, 1.807) is 6.07 Å². The molecule has 82 valence electrons. The van der Waals surface area contributed by atoms with Crippen molar-refractivity contribution in [3.05, 3.63) is 33.8 Å². The van der Waals surface area contributed by atoms with E-state index >= 15 is 0 Å². The maximum Gasteiger partial charge on any atom is 0.341 e. The highest BCUT2D eigenvalue weighted by Gasteiger charge is 2.27. The number of carboxylic acid groups (broad SMARTS) is 1. The van der Waals surface area contributed by atoms with Gasteiger partial charge in [0.2, 0.25) is 6.17 Å². The predicted octanol–water partition coefficient (Wildman–Crippen LogP) is 2.21. The third-order valence-electron chi connectivity index (χ3n) is 2.05. The Bertz CT molecular complexity index is 381. The van der Waals surface area contributed by atoms with Gasteiger partial charge in [-0.1, -0.05) is 28.1 Å². The first kappa shape index (κ1) is 12.1. The predicted molar refractivity (Wildman–Crippen MR) is 56.4 cm³/mol. The van der Waals surface area contributed by atoms with Crippen LogP contribution in [0.2, 0.25) is 0 Å². The number of rotatable bonds is 3. The van der Waals surface area contributed by atoms with E-state index in [2.05, 4.69) is 15.9 Å². The van der Waals surface area contributed by atoms with Gasteiger partial charge in [-0.2, -0.15) is 0 Å². The molecule has 0 heterocycles. The number of aliphatic hydroxyl groups is 1. The zero-order valence-corrected chi connectivity index (χ0v) is 9.53. The maximum absolute atomic E-state index is 13.0. The summed E-state index contributed by atoms with van der Waals surface area (Å²) in [6.45, 7) is 1.84. The molecular formula is C10H10BrFO3. The van der Waals surface area contributed by atoms with Gasteiger partial charge >= 0.3 is 5.97 Å². The molecule has 0 aromatic heterocycles. The number of aliphatic carboxylic acids is 1. The van der Waals surface area contributed by atoms with Crippen LogP contribution in [-0.2, 0) is 4.79 Å². The minimum atomic E-state index is -2.31. The number of halogens is 2. The van der Waals surface area contributed by atoms with Gasteiger partial charge in [0, 0.05) is 4.47 Å². The Hall–Kier alpha value is -0.940. The summed E-state index contributed by atoms with van der Waals surface area (Å²) in [6, 6.07) is 4.69. The number of aliphatic hydroxyl groups excluding tert-OH is 1. The first-order chi connectivity index (χ1) is 6.93. The van der Waals surface area contributed by atoms with Crippen LogP contribution in [0.1, 0.15) is 17.2 Å². The number of carboxylic acids is 1. The Balaban J connectivity index is 2.96. The molecule has 0 fully saturated rings. The van der Waals surface area contributed by atoms with E-state index in [0.717, 1.165) is 5.56 Å². The van der Waals surface area contributed by atoms with Crippen molar-refractivity contribution < 1.29 is 19.4 Å². The summed E-state index contributed by atoms with van der Waals surface area (Å²) >= 11 is 3.22. The molecule has 0 radical (unpaired) electrons. The Kier molecular flexibility index (Phi) is 3.82. The van der Waals surface area contributed by atoms with Crippen molar-refractivity contribution in [3.8, 4) is 0 Å². The Labute approximate surface area is 94.7 Å². The molecule has 15 heavy (non-hydrogen) atoms. The number of hydrogen-bond donors (Lipinski definition) is 2. The monoisotopic (exact) mass is 276 g/mol. The molecule has 0 aliphatic rings. The summed E-state index contributed by atoms with van der Waals surface area (Å²) in [5.41, 5.74) is 1.17. The zero-order valence-electron chi connectivity index (χ0n) is 7.95. The highest BCUT2D eigenvalue weighted by atomic mass is 79.9. The van der Waals surface area contributed by atoms with Crippen molar-refractivity contribution in [3.63, 3.8) is 0 Å². The molecule has 2 unspecified atom stereocenters. The van der Waals surface area contributed by atoms with Crippen molar-refractivity contribution in [2.75, 3.05) is 0 Å². The molecule has 2 N–H and O–H groups in total. The van der Waals surface area contributed by atoms with Gasteiger partial charge < -0.3 is 10.2 Å². The van der Waals surface area contributed by atoms with Crippen LogP contribution in [0.25, 0.3) is 0 Å². The maximum atomic E-state index is 13.0. The summed E-state index contributed by atoms with van der Waals surface area (Å²) in [4.78, 5) is 10.3. The fourth-order valence-electron chi connectivity index (χ4n) is 1.10. The van der Waals surface area contributed by atoms with Crippen molar-refractivity contribution in [2.45, 2.75) is 19.2 Å². The summed E-state index contributed by atoms with van der Waals surface area (Å²) < 4.78 is 13.7. The first-order valence-corrected chi connectivity index (χ1v) is 5.03. The number of aryl methyl sites for hydroxylation is 1. The van der Waals surface area contributed by atoms with E-state index in [9.17, 15) is 14.3 Å². The standard InChI is InChI=1S/C10H10BrFO3/c1-5-2-3-6(4-7(5)11)9(13)8(12)10(14)15/h2-4,8-9,13H,1H3,(H,14,15). The number of hydrogen-bond acceptors (Lipinski definition) is 2. The molecule has 0 spiro atoms. The molecular weight excluding hydrogens is 267 g/mol. The van der Waals surface area contributed by atoms with E-state index in [0.29, 0.717) is 4.47 Å². The van der Waals surface area contributed by atoms with E-state index in [1.165, 1.54) is 12.1 Å². The normalized spacial score (nSPS) is 14.7. The fraction of sp³-hybridized carbons (Fsp3) is 0.300. The van der Waals surface area contributed by atoms with Crippen molar-refractivity contribution in [1.82, 2.24) is 0 Å². The van der Waals surface area contributed by atoms with Gasteiger partial charge in [0.25, 0.3) is 0 Å². The highest BCUT2D eigenvalue weighted by molar-refractivity contribution is 9.10. The van der Waals surface area contributed by atoms with Crippen LogP contribution in [0.3, 0.4) is 0 Å². The minimum absolute atomic E-state index is 0.238. The second-order valence-electron chi connectivity index (χ2n) is 3.19. The zero-order chi connectivity index (χ0) is 11.6. The molecule has 0 saturated heterocycles. The van der Waals surface area contributed by atoms with Gasteiger partial charge in [0.05, 0.1) is 0 Å². The van der Waals surface area contributed by atoms with E-state index in [4.69, 9.17) is 5.11 Å². The summed E-state index contributed by atoms with van der Waals surface area (Å²) in [6.07, 6.45) is -3.95. The number of benzene rings is 1. The quantitative estimate of drug-likeness (QED) is 0.890. The van der Waals surface area contributed by atoms with Gasteiger partial charge in [-0.25, -0.2) is 9.18 Å². The lowest BCUT2D eigenvalue weighted by molar-refractivity contribution is -0.147. The summed E-state index contributed by atoms with van der Waals surface area (Å²) in [5.74, 6) is -1.67. The van der Waals surface area contributed by atoms with Crippen LogP contribution in [0, 0.1) is 6.92 Å². The average molecular weight is 277 g/mol. The van der Waals surface area contributed by atoms with Gasteiger partial charge in [-0.05, 0) is 24.1 Å². The molecule has 1 aromatic rings. The van der Waals surface area contributed by atoms with E-state index < -0.39 is 18.2 Å². The summed E-state index contributed by atoms with van der Waals surface area (Å²) in [7, 11) is 0. The van der Waals surface area contributed by atoms with E-state index in [-0.39, 0.29) is 5.56 Å². The SMILES string of the molecule is Cc1ccc(C(O)C(F)C(=O)O)cc1Br. The van der Waals surface area contributed by atoms with Crippen LogP contribution in [0.4, 0.5) is 4.39 Å². The van der Waals surface area contributed by atoms with Gasteiger partial charge in [0.15, 0.2) is 0 Å². The average Bonchev–Trinajstić information content (AvgIpc) is 2.19. The number of alkyl halides is 1.